The first-order chi connectivity index (χ1) is 12.6. The van der Waals surface area contributed by atoms with Crippen molar-refractivity contribution in [2.45, 2.75) is 35.0 Å². The standard InChI is InChI=1S/C17H18N4O2S3/c1-2-24-16-20-19-15(26-16)18-14(23)12-10-25-17(9-8-13(22)21(12)17)11-6-4-3-5-7-11/h3-7,12H,2,8-10H2,1H3,(H,18,19,23)/t12-,17-/m0/s1. The van der Waals surface area contributed by atoms with Gasteiger partial charge < -0.3 is 4.90 Å². The second-order valence-electron chi connectivity index (χ2n) is 6.04. The van der Waals surface area contributed by atoms with Crippen LogP contribution in [0.3, 0.4) is 0 Å². The Hall–Kier alpha value is -1.58. The number of hydrogen-bond acceptors (Lipinski definition) is 7. The Bertz CT molecular complexity index is 828. The van der Waals surface area contributed by atoms with Gasteiger partial charge in [-0.05, 0) is 17.7 Å². The molecule has 0 unspecified atom stereocenters. The maximum Gasteiger partial charge on any atom is 0.249 e. The minimum absolute atomic E-state index is 0.0403. The Labute approximate surface area is 164 Å². The van der Waals surface area contributed by atoms with Gasteiger partial charge in [0.1, 0.15) is 10.9 Å². The molecule has 4 rings (SSSR count). The monoisotopic (exact) mass is 406 g/mol. The molecule has 2 saturated heterocycles. The summed E-state index contributed by atoms with van der Waals surface area (Å²) in [7, 11) is 0. The van der Waals surface area contributed by atoms with Crippen molar-refractivity contribution in [2.24, 2.45) is 0 Å². The number of nitrogens with zero attached hydrogens (tertiary/aromatic N) is 3. The van der Waals surface area contributed by atoms with Gasteiger partial charge in [0.05, 0.1) is 0 Å². The first kappa shape index (κ1) is 17.8. The third-order valence-corrected chi connectivity index (χ3v) is 8.01. The van der Waals surface area contributed by atoms with E-state index in [0.29, 0.717) is 17.3 Å². The summed E-state index contributed by atoms with van der Waals surface area (Å²) >= 11 is 4.64. The lowest BCUT2D eigenvalue weighted by Crippen LogP contribution is -2.48. The Morgan fingerprint density at radius 1 is 1.38 bits per heavy atom. The minimum atomic E-state index is -0.485. The van der Waals surface area contributed by atoms with Gasteiger partial charge in [-0.3, -0.25) is 14.9 Å². The molecule has 2 atom stereocenters. The molecule has 0 radical (unpaired) electrons. The molecule has 1 aromatic carbocycles. The highest BCUT2D eigenvalue weighted by atomic mass is 32.2. The zero-order chi connectivity index (χ0) is 18.1. The van der Waals surface area contributed by atoms with E-state index in [2.05, 4.69) is 15.5 Å². The number of carbonyl (C=O) groups is 2. The van der Waals surface area contributed by atoms with E-state index in [1.807, 2.05) is 37.3 Å². The third kappa shape index (κ3) is 3.01. The van der Waals surface area contributed by atoms with Crippen LogP contribution in [-0.2, 0) is 14.5 Å². The molecular formula is C17H18N4O2S3. The van der Waals surface area contributed by atoms with E-state index >= 15 is 0 Å². The number of carbonyl (C=O) groups excluding carboxylic acids is 2. The Kier molecular flexibility index (Phi) is 4.94. The van der Waals surface area contributed by atoms with E-state index < -0.39 is 10.9 Å². The molecule has 2 amide bonds. The lowest BCUT2D eigenvalue weighted by Gasteiger charge is -2.33. The van der Waals surface area contributed by atoms with Crippen LogP contribution < -0.4 is 5.32 Å². The fourth-order valence-electron chi connectivity index (χ4n) is 3.47. The average molecular weight is 407 g/mol. The summed E-state index contributed by atoms with van der Waals surface area (Å²) in [5.74, 6) is 1.35. The second kappa shape index (κ2) is 7.21. The quantitative estimate of drug-likeness (QED) is 0.607. The Morgan fingerprint density at radius 2 is 2.19 bits per heavy atom. The summed E-state index contributed by atoms with van der Waals surface area (Å²) in [4.78, 5) is 26.8. The summed E-state index contributed by atoms with van der Waals surface area (Å²) in [5.41, 5.74) is 1.09. The highest BCUT2D eigenvalue weighted by Gasteiger charge is 2.56. The lowest BCUT2D eigenvalue weighted by molar-refractivity contribution is -0.136. The molecule has 3 heterocycles. The molecule has 6 nitrogen and oxygen atoms in total. The molecule has 0 aliphatic carbocycles. The van der Waals surface area contributed by atoms with Gasteiger partial charge in [-0.2, -0.15) is 0 Å². The van der Waals surface area contributed by atoms with Gasteiger partial charge in [-0.25, -0.2) is 0 Å². The van der Waals surface area contributed by atoms with E-state index in [9.17, 15) is 9.59 Å². The molecule has 26 heavy (non-hydrogen) atoms. The fraction of sp³-hybridized carbons (Fsp3) is 0.412. The molecule has 9 heteroatoms. The largest absolute Gasteiger partial charge is 0.311 e. The van der Waals surface area contributed by atoms with Crippen LogP contribution in [0.2, 0.25) is 0 Å². The van der Waals surface area contributed by atoms with Crippen LogP contribution in [0.5, 0.6) is 0 Å². The Morgan fingerprint density at radius 3 is 2.96 bits per heavy atom. The van der Waals surface area contributed by atoms with E-state index in [4.69, 9.17) is 0 Å². The smallest absolute Gasteiger partial charge is 0.249 e. The third-order valence-electron chi connectivity index (χ3n) is 4.56. The summed E-state index contributed by atoms with van der Waals surface area (Å²) in [6.45, 7) is 2.04. The zero-order valence-electron chi connectivity index (χ0n) is 14.2. The number of fused-ring (bicyclic) bond motifs is 1. The molecule has 2 aliphatic heterocycles. The van der Waals surface area contributed by atoms with Gasteiger partial charge in [0.2, 0.25) is 16.9 Å². The molecule has 136 valence electrons. The predicted molar refractivity (Wildman–Crippen MR) is 105 cm³/mol. The van der Waals surface area contributed by atoms with Crippen molar-refractivity contribution in [1.82, 2.24) is 15.1 Å². The molecule has 1 N–H and O–H groups in total. The molecular weight excluding hydrogens is 388 g/mol. The number of aromatic nitrogens is 2. The van der Waals surface area contributed by atoms with Crippen molar-refractivity contribution in [2.75, 3.05) is 16.8 Å². The fourth-order valence-corrected chi connectivity index (χ4v) is 6.77. The number of amides is 2. The molecule has 2 aromatic rings. The molecule has 2 fully saturated rings. The highest BCUT2D eigenvalue weighted by molar-refractivity contribution is 8.01. The zero-order valence-corrected chi connectivity index (χ0v) is 16.6. The number of nitrogens with one attached hydrogen (secondary N) is 1. The van der Waals surface area contributed by atoms with Crippen molar-refractivity contribution in [1.29, 1.82) is 0 Å². The molecule has 2 aliphatic rings. The van der Waals surface area contributed by atoms with Crippen LogP contribution in [0.15, 0.2) is 34.7 Å². The average Bonchev–Trinajstić information content (AvgIpc) is 3.33. The van der Waals surface area contributed by atoms with Gasteiger partial charge in [-0.1, -0.05) is 60.4 Å². The topological polar surface area (TPSA) is 75.2 Å². The lowest BCUT2D eigenvalue weighted by atomic mass is 10.0. The van der Waals surface area contributed by atoms with E-state index in [1.165, 1.54) is 11.3 Å². The van der Waals surface area contributed by atoms with Crippen molar-refractivity contribution in [3.63, 3.8) is 0 Å². The SMILES string of the molecule is CCSc1nnc(NC(=O)[C@@H]2CS[C@]3(c4ccccc4)CCC(=O)N23)s1. The van der Waals surface area contributed by atoms with Crippen LogP contribution in [0.1, 0.15) is 25.3 Å². The van der Waals surface area contributed by atoms with Crippen molar-refractivity contribution in [3.8, 4) is 0 Å². The Balaban J connectivity index is 1.55. The van der Waals surface area contributed by atoms with Crippen molar-refractivity contribution < 1.29 is 9.59 Å². The summed E-state index contributed by atoms with van der Waals surface area (Å²) in [5, 5.41) is 11.4. The number of anilines is 1. The molecule has 1 aromatic heterocycles. The van der Waals surface area contributed by atoms with Gasteiger partial charge in [0.15, 0.2) is 4.34 Å². The normalized spacial score (nSPS) is 24.7. The van der Waals surface area contributed by atoms with E-state index in [-0.39, 0.29) is 11.8 Å². The summed E-state index contributed by atoms with van der Waals surface area (Å²) in [6.07, 6.45) is 1.21. The van der Waals surface area contributed by atoms with Gasteiger partial charge >= 0.3 is 0 Å². The van der Waals surface area contributed by atoms with Crippen LogP contribution in [0.25, 0.3) is 0 Å². The maximum absolute atomic E-state index is 12.9. The number of hydrogen-bond donors (Lipinski definition) is 1. The van der Waals surface area contributed by atoms with Crippen LogP contribution >= 0.6 is 34.9 Å². The second-order valence-corrected chi connectivity index (χ2v) is 9.82. The van der Waals surface area contributed by atoms with Gasteiger partial charge in [0, 0.05) is 12.2 Å². The predicted octanol–water partition coefficient (Wildman–Crippen LogP) is 3.18. The van der Waals surface area contributed by atoms with E-state index in [1.54, 1.807) is 28.4 Å². The minimum Gasteiger partial charge on any atom is -0.311 e. The highest BCUT2D eigenvalue weighted by Crippen LogP contribution is 2.54. The first-order valence-corrected chi connectivity index (χ1v) is 11.2. The number of benzene rings is 1. The van der Waals surface area contributed by atoms with Crippen molar-refractivity contribution >= 4 is 51.8 Å². The molecule has 0 spiro atoms. The van der Waals surface area contributed by atoms with Gasteiger partial charge in [-0.15, -0.1) is 22.0 Å². The molecule has 0 saturated carbocycles. The summed E-state index contributed by atoms with van der Waals surface area (Å²) in [6, 6.07) is 9.52. The number of thioether (sulfide) groups is 2. The van der Waals surface area contributed by atoms with E-state index in [0.717, 1.165) is 22.1 Å². The van der Waals surface area contributed by atoms with Crippen molar-refractivity contribution in [3.05, 3.63) is 35.9 Å². The van der Waals surface area contributed by atoms with Crippen LogP contribution in [-0.4, -0.2) is 44.5 Å². The first-order valence-electron chi connectivity index (χ1n) is 8.43. The number of rotatable bonds is 5. The maximum atomic E-state index is 12.9. The van der Waals surface area contributed by atoms with Gasteiger partial charge in [0.25, 0.3) is 0 Å². The summed E-state index contributed by atoms with van der Waals surface area (Å²) < 4.78 is 0.833. The van der Waals surface area contributed by atoms with Crippen LogP contribution in [0.4, 0.5) is 5.13 Å². The van der Waals surface area contributed by atoms with Crippen LogP contribution in [0, 0.1) is 0 Å². The molecule has 0 bridgehead atoms.